The van der Waals surface area contributed by atoms with Gasteiger partial charge in [-0.3, -0.25) is 9.00 Å². The van der Waals surface area contributed by atoms with Gasteiger partial charge >= 0.3 is 0 Å². The zero-order valence-electron chi connectivity index (χ0n) is 11.9. The van der Waals surface area contributed by atoms with Gasteiger partial charge in [0.1, 0.15) is 0 Å². The molecule has 1 rings (SSSR count). The molecule has 2 N–H and O–H groups in total. The van der Waals surface area contributed by atoms with Gasteiger partial charge in [0.15, 0.2) is 0 Å². The van der Waals surface area contributed by atoms with Crippen LogP contribution in [0.2, 0.25) is 0 Å². The Balaban J connectivity index is 2.61. The number of amides is 1. The van der Waals surface area contributed by atoms with Crippen molar-refractivity contribution in [1.82, 2.24) is 5.32 Å². The first-order valence-electron chi connectivity index (χ1n) is 6.34. The van der Waals surface area contributed by atoms with Crippen LogP contribution >= 0.6 is 0 Å². The maximum Gasteiger partial charge on any atom is 0.253 e. The van der Waals surface area contributed by atoms with E-state index in [0.29, 0.717) is 12.1 Å². The summed E-state index contributed by atoms with van der Waals surface area (Å²) in [6.45, 7) is 4.45. The lowest BCUT2D eigenvalue weighted by molar-refractivity contribution is 0.0954. The summed E-state index contributed by atoms with van der Waals surface area (Å²) in [6, 6.07) is 5.68. The molecule has 106 valence electrons. The summed E-state index contributed by atoms with van der Waals surface area (Å²) in [5, 5.41) is 5.99. The van der Waals surface area contributed by atoms with Crippen molar-refractivity contribution in [2.75, 3.05) is 25.2 Å². The molecule has 2 unspecified atom stereocenters. The molecule has 4 nitrogen and oxygen atoms in total. The van der Waals surface area contributed by atoms with Crippen LogP contribution in [0.4, 0.5) is 5.69 Å². The molecule has 0 bridgehead atoms. The fourth-order valence-electron chi connectivity index (χ4n) is 1.71. The molecule has 0 radical (unpaired) electrons. The summed E-state index contributed by atoms with van der Waals surface area (Å²) in [7, 11) is 0.957. The number of rotatable bonds is 6. The third-order valence-corrected chi connectivity index (χ3v) is 4.46. The second kappa shape index (κ2) is 7.28. The lowest BCUT2D eigenvalue weighted by atomic mass is 10.1. The van der Waals surface area contributed by atoms with Crippen molar-refractivity contribution in [1.29, 1.82) is 0 Å². The second-order valence-electron chi connectivity index (χ2n) is 4.65. The van der Waals surface area contributed by atoms with Gasteiger partial charge in [-0.05, 0) is 31.0 Å². The minimum Gasteiger partial charge on any atom is -0.387 e. The SMILES string of the molecule is CNc1cc(C)ccc1C(=O)NCCC(C)S(C)=O. The predicted octanol–water partition coefficient (Wildman–Crippen LogP) is 1.92. The first kappa shape index (κ1) is 15.7. The molecule has 5 heteroatoms. The summed E-state index contributed by atoms with van der Waals surface area (Å²) in [5.74, 6) is -0.0987. The van der Waals surface area contributed by atoms with E-state index in [1.54, 1.807) is 13.3 Å². The molecule has 0 aliphatic rings. The summed E-state index contributed by atoms with van der Waals surface area (Å²) >= 11 is 0. The number of anilines is 1. The van der Waals surface area contributed by atoms with Crippen LogP contribution in [0.15, 0.2) is 18.2 Å². The van der Waals surface area contributed by atoms with Crippen LogP contribution in [0, 0.1) is 6.92 Å². The highest BCUT2D eigenvalue weighted by Gasteiger charge is 2.11. The molecule has 0 heterocycles. The van der Waals surface area contributed by atoms with Gasteiger partial charge in [0, 0.05) is 41.6 Å². The van der Waals surface area contributed by atoms with Crippen LogP contribution in [0.5, 0.6) is 0 Å². The Bertz CT molecular complexity index is 475. The van der Waals surface area contributed by atoms with Gasteiger partial charge in [-0.15, -0.1) is 0 Å². The van der Waals surface area contributed by atoms with Crippen molar-refractivity contribution < 1.29 is 9.00 Å². The highest BCUT2D eigenvalue weighted by Crippen LogP contribution is 2.16. The fourth-order valence-corrected chi connectivity index (χ4v) is 2.16. The number of nitrogens with one attached hydrogen (secondary N) is 2. The van der Waals surface area contributed by atoms with Crippen molar-refractivity contribution in [2.24, 2.45) is 0 Å². The van der Waals surface area contributed by atoms with Crippen LogP contribution in [0.25, 0.3) is 0 Å². The largest absolute Gasteiger partial charge is 0.387 e. The number of carbonyl (C=O) groups excluding carboxylic acids is 1. The van der Waals surface area contributed by atoms with Crippen LogP contribution in [-0.2, 0) is 10.8 Å². The van der Waals surface area contributed by atoms with E-state index in [0.717, 1.165) is 17.7 Å². The molecule has 0 saturated carbocycles. The molecule has 0 aliphatic heterocycles. The van der Waals surface area contributed by atoms with Crippen LogP contribution in [0.1, 0.15) is 29.3 Å². The predicted molar refractivity (Wildman–Crippen MR) is 81.2 cm³/mol. The van der Waals surface area contributed by atoms with Crippen LogP contribution in [0.3, 0.4) is 0 Å². The molecule has 0 aliphatic carbocycles. The van der Waals surface area contributed by atoms with E-state index in [2.05, 4.69) is 10.6 Å². The zero-order valence-corrected chi connectivity index (χ0v) is 12.8. The molecule has 0 spiro atoms. The molecule has 1 aromatic carbocycles. The van der Waals surface area contributed by atoms with Gasteiger partial charge in [0.25, 0.3) is 5.91 Å². The smallest absolute Gasteiger partial charge is 0.253 e. The van der Waals surface area contributed by atoms with Crippen molar-refractivity contribution in [3.05, 3.63) is 29.3 Å². The number of aryl methyl sites for hydroxylation is 1. The standard InChI is InChI=1S/C14H22N2O2S/c1-10-5-6-12(13(9-10)15-3)14(17)16-8-7-11(2)19(4)18/h5-6,9,11,15H,7-8H2,1-4H3,(H,16,17). The Morgan fingerprint density at radius 2 is 2.11 bits per heavy atom. The van der Waals surface area contributed by atoms with Crippen LogP contribution in [-0.4, -0.2) is 35.2 Å². The number of carbonyl (C=O) groups is 1. The van der Waals surface area contributed by atoms with E-state index < -0.39 is 10.8 Å². The monoisotopic (exact) mass is 282 g/mol. The van der Waals surface area contributed by atoms with Crippen molar-refractivity contribution in [3.8, 4) is 0 Å². The molecule has 0 saturated heterocycles. The Morgan fingerprint density at radius 1 is 1.42 bits per heavy atom. The van der Waals surface area contributed by atoms with E-state index >= 15 is 0 Å². The lowest BCUT2D eigenvalue weighted by Gasteiger charge is -2.12. The van der Waals surface area contributed by atoms with Gasteiger partial charge in [0.05, 0.1) is 5.56 Å². The van der Waals surface area contributed by atoms with Gasteiger partial charge in [-0.2, -0.15) is 0 Å². The maximum absolute atomic E-state index is 12.1. The Kier molecular flexibility index (Phi) is 6.02. The fraction of sp³-hybridized carbons (Fsp3) is 0.500. The molecule has 2 atom stereocenters. The quantitative estimate of drug-likeness (QED) is 0.838. The Hall–Kier alpha value is -1.36. The highest BCUT2D eigenvalue weighted by molar-refractivity contribution is 7.84. The average molecular weight is 282 g/mol. The van der Waals surface area contributed by atoms with E-state index in [4.69, 9.17) is 0 Å². The van der Waals surface area contributed by atoms with Gasteiger partial charge in [-0.1, -0.05) is 13.0 Å². The zero-order chi connectivity index (χ0) is 14.4. The summed E-state index contributed by atoms with van der Waals surface area (Å²) in [5.41, 5.74) is 2.57. The lowest BCUT2D eigenvalue weighted by Crippen LogP contribution is -2.28. The van der Waals surface area contributed by atoms with E-state index in [1.165, 1.54) is 0 Å². The minimum absolute atomic E-state index is 0.0987. The van der Waals surface area contributed by atoms with Crippen molar-refractivity contribution in [3.63, 3.8) is 0 Å². The second-order valence-corrected chi connectivity index (χ2v) is 6.45. The Morgan fingerprint density at radius 3 is 2.68 bits per heavy atom. The molecule has 1 aromatic rings. The minimum atomic E-state index is -0.842. The van der Waals surface area contributed by atoms with E-state index in [-0.39, 0.29) is 11.2 Å². The van der Waals surface area contributed by atoms with Crippen LogP contribution < -0.4 is 10.6 Å². The summed E-state index contributed by atoms with van der Waals surface area (Å²) < 4.78 is 11.2. The van der Waals surface area contributed by atoms with E-state index in [1.807, 2.05) is 32.0 Å². The van der Waals surface area contributed by atoms with Crippen molar-refractivity contribution >= 4 is 22.4 Å². The first-order valence-corrected chi connectivity index (χ1v) is 7.96. The molecule has 19 heavy (non-hydrogen) atoms. The molecular formula is C14H22N2O2S. The molecule has 0 aromatic heterocycles. The maximum atomic E-state index is 12.1. The van der Waals surface area contributed by atoms with Gasteiger partial charge < -0.3 is 10.6 Å². The third kappa shape index (κ3) is 4.67. The first-order chi connectivity index (χ1) is 8.95. The number of hydrogen-bond acceptors (Lipinski definition) is 3. The van der Waals surface area contributed by atoms with E-state index in [9.17, 15) is 9.00 Å². The molecular weight excluding hydrogens is 260 g/mol. The summed E-state index contributed by atoms with van der Waals surface area (Å²) in [6.07, 6.45) is 2.40. The summed E-state index contributed by atoms with van der Waals surface area (Å²) in [4.78, 5) is 12.1. The number of hydrogen-bond donors (Lipinski definition) is 2. The van der Waals surface area contributed by atoms with Gasteiger partial charge in [-0.25, -0.2) is 0 Å². The topological polar surface area (TPSA) is 58.2 Å². The molecule has 0 fully saturated rings. The normalized spacial score (nSPS) is 13.7. The highest BCUT2D eigenvalue weighted by atomic mass is 32.2. The number of benzene rings is 1. The third-order valence-electron chi connectivity index (χ3n) is 3.09. The average Bonchev–Trinajstić information content (AvgIpc) is 2.37. The van der Waals surface area contributed by atoms with Crippen molar-refractivity contribution in [2.45, 2.75) is 25.5 Å². The van der Waals surface area contributed by atoms with Gasteiger partial charge in [0.2, 0.25) is 0 Å². The molecule has 1 amide bonds. The Labute approximate surface area is 117 Å².